The van der Waals surface area contributed by atoms with E-state index in [-0.39, 0.29) is 5.91 Å². The summed E-state index contributed by atoms with van der Waals surface area (Å²) in [5.74, 6) is 0.947. The van der Waals surface area contributed by atoms with Crippen molar-refractivity contribution in [2.45, 2.75) is 38.6 Å². The van der Waals surface area contributed by atoms with Gasteiger partial charge in [0.25, 0.3) is 0 Å². The Morgan fingerprint density at radius 2 is 1.86 bits per heavy atom. The number of carbonyl (C=O) groups is 1. The van der Waals surface area contributed by atoms with E-state index in [4.69, 9.17) is 10.3 Å². The lowest BCUT2D eigenvalue weighted by atomic mass is 10.0. The van der Waals surface area contributed by atoms with Gasteiger partial charge >= 0.3 is 0 Å². The minimum Gasteiger partial charge on any atom is -0.338 e. The smallest absolute Gasteiger partial charge is 0.239 e. The summed E-state index contributed by atoms with van der Waals surface area (Å²) in [4.78, 5) is 19.2. The topological polar surface area (TPSA) is 85.2 Å². The molecule has 1 aliphatic heterocycles. The van der Waals surface area contributed by atoms with Crippen molar-refractivity contribution in [3.05, 3.63) is 65.5 Å². The van der Waals surface area contributed by atoms with Gasteiger partial charge in [0.05, 0.1) is 0 Å². The van der Waals surface area contributed by atoms with E-state index in [0.717, 1.165) is 16.8 Å². The number of amides is 1. The summed E-state index contributed by atoms with van der Waals surface area (Å²) in [7, 11) is 0. The van der Waals surface area contributed by atoms with E-state index in [0.29, 0.717) is 37.1 Å². The van der Waals surface area contributed by atoms with Crippen LogP contribution in [0.3, 0.4) is 0 Å². The first-order valence-corrected chi connectivity index (χ1v) is 9.61. The maximum atomic E-state index is 12.9. The summed E-state index contributed by atoms with van der Waals surface area (Å²) >= 11 is 0. The molecule has 1 atom stereocenters. The summed E-state index contributed by atoms with van der Waals surface area (Å²) in [6.45, 7) is 5.45. The first-order valence-electron chi connectivity index (χ1n) is 9.61. The van der Waals surface area contributed by atoms with Crippen LogP contribution in [0.4, 0.5) is 5.69 Å². The molecule has 0 radical (unpaired) electrons. The largest absolute Gasteiger partial charge is 0.338 e. The lowest BCUT2D eigenvalue weighted by molar-refractivity contribution is -0.118. The van der Waals surface area contributed by atoms with Gasteiger partial charge in [-0.15, -0.1) is 0 Å². The van der Waals surface area contributed by atoms with Crippen LogP contribution in [0.25, 0.3) is 11.4 Å². The molecule has 1 amide bonds. The van der Waals surface area contributed by atoms with Crippen molar-refractivity contribution in [1.29, 1.82) is 0 Å². The number of anilines is 1. The number of carbonyl (C=O) groups excluding carboxylic acids is 1. The fourth-order valence-corrected chi connectivity index (χ4v) is 3.49. The summed E-state index contributed by atoms with van der Waals surface area (Å²) in [6.07, 6.45) is 0.665. The molecule has 6 heteroatoms. The second kappa shape index (κ2) is 7.56. The standard InChI is InChI=1S/C22H24N4O2/c1-14(2)16-7-9-18(10-8-16)26-12-11-19(22(26)27)21-24-20(25-28-21)17-5-3-15(13-23)4-6-17/h3-10,14,19H,11-13,23H2,1-2H3. The SMILES string of the molecule is CC(C)c1ccc(N2CCC(c3nc(-c4ccc(CN)cc4)no3)C2=O)cc1. The van der Waals surface area contributed by atoms with Crippen LogP contribution in [0, 0.1) is 0 Å². The lowest BCUT2D eigenvalue weighted by Crippen LogP contribution is -2.26. The fraction of sp³-hybridized carbons (Fsp3) is 0.318. The zero-order valence-electron chi connectivity index (χ0n) is 16.1. The molecule has 3 aromatic rings. The highest BCUT2D eigenvalue weighted by Crippen LogP contribution is 2.33. The molecule has 1 fully saturated rings. The van der Waals surface area contributed by atoms with Crippen molar-refractivity contribution in [2.24, 2.45) is 5.73 Å². The van der Waals surface area contributed by atoms with Crippen LogP contribution in [-0.4, -0.2) is 22.6 Å². The second-order valence-corrected chi connectivity index (χ2v) is 7.43. The Kier molecular flexibility index (Phi) is 4.96. The highest BCUT2D eigenvalue weighted by atomic mass is 16.5. The number of hydrogen-bond acceptors (Lipinski definition) is 5. The molecule has 6 nitrogen and oxygen atoms in total. The number of nitrogens with zero attached hydrogens (tertiary/aromatic N) is 3. The minimum atomic E-state index is -0.394. The van der Waals surface area contributed by atoms with Crippen LogP contribution >= 0.6 is 0 Å². The van der Waals surface area contributed by atoms with Gasteiger partial charge < -0.3 is 15.2 Å². The Morgan fingerprint density at radius 1 is 1.14 bits per heavy atom. The predicted octanol–water partition coefficient (Wildman–Crippen LogP) is 3.84. The van der Waals surface area contributed by atoms with Gasteiger partial charge in [0.1, 0.15) is 5.92 Å². The maximum Gasteiger partial charge on any atom is 0.239 e. The molecular weight excluding hydrogens is 352 g/mol. The first-order chi connectivity index (χ1) is 13.6. The van der Waals surface area contributed by atoms with Crippen molar-refractivity contribution in [3.63, 3.8) is 0 Å². The molecular formula is C22H24N4O2. The van der Waals surface area contributed by atoms with Crippen LogP contribution in [0.2, 0.25) is 0 Å². The highest BCUT2D eigenvalue weighted by molar-refractivity contribution is 5.99. The van der Waals surface area contributed by atoms with E-state index in [9.17, 15) is 4.79 Å². The minimum absolute atomic E-state index is 0.00553. The molecule has 1 unspecified atom stereocenters. The third-order valence-electron chi connectivity index (χ3n) is 5.26. The van der Waals surface area contributed by atoms with Crippen LogP contribution in [0.5, 0.6) is 0 Å². The predicted molar refractivity (Wildman–Crippen MR) is 108 cm³/mol. The van der Waals surface area contributed by atoms with Crippen molar-refractivity contribution < 1.29 is 9.32 Å². The van der Waals surface area contributed by atoms with Crippen LogP contribution in [-0.2, 0) is 11.3 Å². The summed E-state index contributed by atoms with van der Waals surface area (Å²) in [6, 6.07) is 15.9. The molecule has 0 spiro atoms. The Balaban J connectivity index is 1.51. The average Bonchev–Trinajstić information content (AvgIpc) is 3.35. The fourth-order valence-electron chi connectivity index (χ4n) is 3.49. The monoisotopic (exact) mass is 376 g/mol. The lowest BCUT2D eigenvalue weighted by Gasteiger charge is -2.17. The number of rotatable bonds is 5. The van der Waals surface area contributed by atoms with E-state index in [1.807, 2.05) is 36.4 Å². The van der Waals surface area contributed by atoms with Crippen molar-refractivity contribution >= 4 is 11.6 Å². The van der Waals surface area contributed by atoms with Gasteiger partial charge in [-0.2, -0.15) is 4.98 Å². The van der Waals surface area contributed by atoms with Gasteiger partial charge in [0.15, 0.2) is 0 Å². The molecule has 2 heterocycles. The highest BCUT2D eigenvalue weighted by Gasteiger charge is 2.37. The summed E-state index contributed by atoms with van der Waals surface area (Å²) < 4.78 is 5.43. The summed E-state index contributed by atoms with van der Waals surface area (Å²) in [5, 5.41) is 4.06. The van der Waals surface area contributed by atoms with Gasteiger partial charge in [-0.05, 0) is 35.6 Å². The third-order valence-corrected chi connectivity index (χ3v) is 5.26. The normalized spacial score (nSPS) is 16.9. The van der Waals surface area contributed by atoms with Crippen LogP contribution in [0.1, 0.15) is 49.1 Å². The van der Waals surface area contributed by atoms with E-state index in [1.54, 1.807) is 4.90 Å². The first kappa shape index (κ1) is 18.4. The molecule has 144 valence electrons. The Hall–Kier alpha value is -2.99. The molecule has 1 aliphatic rings. The number of hydrogen-bond donors (Lipinski definition) is 1. The molecule has 0 saturated carbocycles. The molecule has 1 aromatic heterocycles. The number of aromatic nitrogens is 2. The maximum absolute atomic E-state index is 12.9. The Morgan fingerprint density at radius 3 is 2.50 bits per heavy atom. The van der Waals surface area contributed by atoms with Gasteiger partial charge in [0.2, 0.25) is 17.6 Å². The van der Waals surface area contributed by atoms with Crippen molar-refractivity contribution in [3.8, 4) is 11.4 Å². The zero-order chi connectivity index (χ0) is 19.7. The quantitative estimate of drug-likeness (QED) is 0.731. The average molecular weight is 376 g/mol. The van der Waals surface area contributed by atoms with Crippen molar-refractivity contribution in [2.75, 3.05) is 11.4 Å². The van der Waals surface area contributed by atoms with Crippen LogP contribution in [0.15, 0.2) is 53.1 Å². The van der Waals surface area contributed by atoms with E-state index >= 15 is 0 Å². The van der Waals surface area contributed by atoms with Gasteiger partial charge in [0, 0.05) is 24.3 Å². The second-order valence-electron chi connectivity index (χ2n) is 7.43. The molecule has 2 aromatic carbocycles. The van der Waals surface area contributed by atoms with Gasteiger partial charge in [-0.1, -0.05) is 55.4 Å². The van der Waals surface area contributed by atoms with E-state index in [2.05, 4.69) is 36.1 Å². The van der Waals surface area contributed by atoms with Crippen LogP contribution < -0.4 is 10.6 Å². The van der Waals surface area contributed by atoms with Crippen molar-refractivity contribution in [1.82, 2.24) is 10.1 Å². The molecule has 2 N–H and O–H groups in total. The Labute approximate surface area is 164 Å². The zero-order valence-corrected chi connectivity index (χ0v) is 16.1. The number of nitrogens with two attached hydrogens (primary N) is 1. The Bertz CT molecular complexity index is 961. The van der Waals surface area contributed by atoms with E-state index in [1.165, 1.54) is 5.56 Å². The summed E-state index contributed by atoms with van der Waals surface area (Å²) in [5.41, 5.74) is 9.69. The molecule has 0 aliphatic carbocycles. The third kappa shape index (κ3) is 3.43. The number of benzene rings is 2. The molecule has 0 bridgehead atoms. The van der Waals surface area contributed by atoms with Gasteiger partial charge in [-0.25, -0.2) is 0 Å². The molecule has 4 rings (SSSR count). The molecule has 28 heavy (non-hydrogen) atoms. The van der Waals surface area contributed by atoms with E-state index < -0.39 is 5.92 Å². The molecule has 1 saturated heterocycles. The van der Waals surface area contributed by atoms with Gasteiger partial charge in [-0.3, -0.25) is 4.79 Å².